The summed E-state index contributed by atoms with van der Waals surface area (Å²) in [6, 6.07) is 82.6. The summed E-state index contributed by atoms with van der Waals surface area (Å²) in [6.07, 6.45) is 0. The number of furan rings is 2. The molecule has 0 aliphatic heterocycles. The number of benzene rings is 10. The molecule has 14 aromatic rings. The predicted molar refractivity (Wildman–Crippen MR) is 287 cm³/mol. The molecule has 0 saturated carbocycles. The summed E-state index contributed by atoms with van der Waals surface area (Å²) >= 11 is 0. The standard InChI is InChI=1S/C65H39N3O2/c1-3-16-42(17-4-1)63-53-38-59-62(52-26-9-12-31-58(52)69-59)60(61(53)51-25-7-10-29-54(51)66-63)41-34-32-40(33-35-41)44-20-13-22-46(36-44)55-39-56(68-65(67-55)43-18-5-2-6-19-43)47-23-14-21-45(37-47)48-27-15-28-50-49-24-8-11-30-57(49)70-64(48)50/h1-39H. The minimum atomic E-state index is 0.666. The number of hydrogen-bond acceptors (Lipinski definition) is 5. The fourth-order valence-electron chi connectivity index (χ4n) is 10.4. The molecule has 0 unspecified atom stereocenters. The summed E-state index contributed by atoms with van der Waals surface area (Å²) in [5.74, 6) is 0.666. The molecule has 0 aliphatic carbocycles. The second-order valence-corrected chi connectivity index (χ2v) is 17.8. The van der Waals surface area contributed by atoms with Gasteiger partial charge < -0.3 is 8.83 Å². The van der Waals surface area contributed by atoms with Crippen molar-refractivity contribution in [1.82, 2.24) is 15.0 Å². The van der Waals surface area contributed by atoms with Gasteiger partial charge in [0.15, 0.2) is 5.82 Å². The van der Waals surface area contributed by atoms with Gasteiger partial charge in [0.2, 0.25) is 0 Å². The zero-order valence-corrected chi connectivity index (χ0v) is 37.7. The predicted octanol–water partition coefficient (Wildman–Crippen LogP) is 17.6. The van der Waals surface area contributed by atoms with Gasteiger partial charge in [-0.25, -0.2) is 15.0 Å². The summed E-state index contributed by atoms with van der Waals surface area (Å²) in [5, 5.41) is 7.71. The van der Waals surface area contributed by atoms with E-state index < -0.39 is 0 Å². The Kier molecular flexibility index (Phi) is 9.14. The van der Waals surface area contributed by atoms with Crippen molar-refractivity contribution in [2.75, 3.05) is 0 Å². The lowest BCUT2D eigenvalue weighted by atomic mass is 9.89. The van der Waals surface area contributed by atoms with Crippen LogP contribution >= 0.6 is 0 Å². The fourth-order valence-corrected chi connectivity index (χ4v) is 10.4. The zero-order valence-electron chi connectivity index (χ0n) is 37.7. The van der Waals surface area contributed by atoms with E-state index in [2.05, 4.69) is 194 Å². The number of fused-ring (bicyclic) bond motifs is 9. The van der Waals surface area contributed by atoms with Gasteiger partial charge in [-0.05, 0) is 64.7 Å². The highest BCUT2D eigenvalue weighted by Crippen LogP contribution is 2.47. The van der Waals surface area contributed by atoms with Gasteiger partial charge in [-0.2, -0.15) is 0 Å². The van der Waals surface area contributed by atoms with Crippen LogP contribution in [-0.2, 0) is 0 Å². The van der Waals surface area contributed by atoms with Gasteiger partial charge in [0.25, 0.3) is 0 Å². The van der Waals surface area contributed by atoms with Crippen molar-refractivity contribution < 1.29 is 8.83 Å². The van der Waals surface area contributed by atoms with E-state index in [4.69, 9.17) is 23.8 Å². The first-order valence-electron chi connectivity index (χ1n) is 23.6. The molecule has 4 heterocycles. The Morgan fingerprint density at radius 1 is 0.286 bits per heavy atom. The highest BCUT2D eigenvalue weighted by Gasteiger charge is 2.22. The maximum absolute atomic E-state index is 6.66. The summed E-state index contributed by atoms with van der Waals surface area (Å²) in [4.78, 5) is 15.7. The molecule has 0 fully saturated rings. The average Bonchev–Trinajstić information content (AvgIpc) is 4.01. The third-order valence-corrected chi connectivity index (χ3v) is 13.7. The average molecular weight is 894 g/mol. The van der Waals surface area contributed by atoms with Crippen molar-refractivity contribution in [3.05, 3.63) is 237 Å². The minimum Gasteiger partial charge on any atom is -0.456 e. The third kappa shape index (κ3) is 6.59. The van der Waals surface area contributed by atoms with Crippen molar-refractivity contribution in [3.63, 3.8) is 0 Å². The monoisotopic (exact) mass is 893 g/mol. The van der Waals surface area contributed by atoms with Gasteiger partial charge in [-0.3, -0.25) is 0 Å². The van der Waals surface area contributed by atoms with Crippen LogP contribution in [0.4, 0.5) is 0 Å². The molecule has 4 aromatic heterocycles. The minimum absolute atomic E-state index is 0.666. The molecule has 10 aromatic carbocycles. The first-order valence-corrected chi connectivity index (χ1v) is 23.6. The largest absolute Gasteiger partial charge is 0.456 e. The SMILES string of the molecule is c1ccc(-c2nc(-c3cccc(-c4ccc(-c5c6c(cc7c(-c8ccccc8)nc8ccccc8c57)oc5ccccc56)cc4)c3)cc(-c3cccc(-c4cccc5c4oc4ccccc45)c3)n2)cc1. The van der Waals surface area contributed by atoms with E-state index in [0.29, 0.717) is 5.82 Å². The van der Waals surface area contributed by atoms with Crippen LogP contribution in [0.1, 0.15) is 0 Å². The molecule has 0 aliphatic rings. The molecular formula is C65H39N3O2. The van der Waals surface area contributed by atoms with E-state index in [-0.39, 0.29) is 0 Å². The van der Waals surface area contributed by atoms with E-state index in [1.165, 1.54) is 0 Å². The number of hydrogen-bond donors (Lipinski definition) is 0. The van der Waals surface area contributed by atoms with Crippen LogP contribution in [0.5, 0.6) is 0 Å². The van der Waals surface area contributed by atoms with Crippen molar-refractivity contribution in [3.8, 4) is 78.5 Å². The summed E-state index contributed by atoms with van der Waals surface area (Å²) in [5.41, 5.74) is 17.5. The summed E-state index contributed by atoms with van der Waals surface area (Å²) < 4.78 is 13.1. The smallest absolute Gasteiger partial charge is 0.160 e. The van der Waals surface area contributed by atoms with Gasteiger partial charge in [0, 0.05) is 71.1 Å². The van der Waals surface area contributed by atoms with Gasteiger partial charge in [0.1, 0.15) is 22.3 Å². The van der Waals surface area contributed by atoms with E-state index in [0.717, 1.165) is 138 Å². The molecule has 5 heteroatoms. The number of para-hydroxylation sites is 4. The normalized spacial score (nSPS) is 11.7. The first-order chi connectivity index (χ1) is 34.7. The Hall–Kier alpha value is -9.45. The zero-order chi connectivity index (χ0) is 46.1. The lowest BCUT2D eigenvalue weighted by Gasteiger charge is -2.16. The number of pyridine rings is 1. The summed E-state index contributed by atoms with van der Waals surface area (Å²) in [7, 11) is 0. The van der Waals surface area contributed by atoms with Gasteiger partial charge in [-0.1, -0.05) is 194 Å². The number of nitrogens with zero attached hydrogens (tertiary/aromatic N) is 3. The number of aromatic nitrogens is 3. The highest BCUT2D eigenvalue weighted by atomic mass is 16.3. The Bertz CT molecular complexity index is 4340. The summed E-state index contributed by atoms with van der Waals surface area (Å²) in [6.45, 7) is 0. The van der Waals surface area contributed by atoms with E-state index in [1.807, 2.05) is 42.5 Å². The van der Waals surface area contributed by atoms with Crippen LogP contribution in [0.25, 0.3) is 144 Å². The Morgan fingerprint density at radius 2 is 0.843 bits per heavy atom. The third-order valence-electron chi connectivity index (χ3n) is 13.7. The maximum Gasteiger partial charge on any atom is 0.160 e. The molecule has 5 nitrogen and oxygen atoms in total. The van der Waals surface area contributed by atoms with Crippen LogP contribution in [-0.4, -0.2) is 15.0 Å². The fraction of sp³-hybridized carbons (Fsp3) is 0. The van der Waals surface area contributed by atoms with Crippen LogP contribution in [0.2, 0.25) is 0 Å². The molecule has 14 rings (SSSR count). The van der Waals surface area contributed by atoms with Crippen LogP contribution < -0.4 is 0 Å². The molecule has 0 bridgehead atoms. The molecule has 0 amide bonds. The Morgan fingerprint density at radius 3 is 1.60 bits per heavy atom. The second-order valence-electron chi connectivity index (χ2n) is 17.8. The number of rotatable bonds is 7. The lowest BCUT2D eigenvalue weighted by molar-refractivity contribution is 0.669. The Labute approximate surface area is 402 Å². The molecule has 0 saturated heterocycles. The van der Waals surface area contributed by atoms with Gasteiger partial charge in [-0.15, -0.1) is 0 Å². The van der Waals surface area contributed by atoms with Crippen LogP contribution in [0.3, 0.4) is 0 Å². The molecule has 0 radical (unpaired) electrons. The maximum atomic E-state index is 6.66. The van der Waals surface area contributed by atoms with Crippen molar-refractivity contribution in [1.29, 1.82) is 0 Å². The first kappa shape index (κ1) is 39.7. The molecule has 0 N–H and O–H groups in total. The van der Waals surface area contributed by atoms with Crippen molar-refractivity contribution in [2.24, 2.45) is 0 Å². The van der Waals surface area contributed by atoms with Gasteiger partial charge in [0.05, 0.1) is 22.6 Å². The highest BCUT2D eigenvalue weighted by molar-refractivity contribution is 6.27. The van der Waals surface area contributed by atoms with Crippen molar-refractivity contribution in [2.45, 2.75) is 0 Å². The Balaban J connectivity index is 0.892. The second kappa shape index (κ2) is 16.1. The van der Waals surface area contributed by atoms with Crippen LogP contribution in [0.15, 0.2) is 245 Å². The molecule has 326 valence electrons. The quantitative estimate of drug-likeness (QED) is 0.149. The molecule has 0 spiro atoms. The van der Waals surface area contributed by atoms with Gasteiger partial charge >= 0.3 is 0 Å². The molecular weight excluding hydrogens is 855 g/mol. The van der Waals surface area contributed by atoms with Crippen LogP contribution in [0, 0.1) is 0 Å². The molecule has 70 heavy (non-hydrogen) atoms. The van der Waals surface area contributed by atoms with E-state index in [1.54, 1.807) is 0 Å². The van der Waals surface area contributed by atoms with E-state index >= 15 is 0 Å². The lowest BCUT2D eigenvalue weighted by Crippen LogP contribution is -1.96. The van der Waals surface area contributed by atoms with Crippen molar-refractivity contribution >= 4 is 65.6 Å². The van der Waals surface area contributed by atoms with E-state index in [9.17, 15) is 0 Å². The topological polar surface area (TPSA) is 65.0 Å². The molecule has 0 atom stereocenters.